The molecule has 2 aromatic rings. The van der Waals surface area contributed by atoms with Gasteiger partial charge in [-0.25, -0.2) is 8.78 Å². The van der Waals surface area contributed by atoms with Gasteiger partial charge in [0.15, 0.2) is 11.6 Å². The molecular weight excluding hydrogens is 340 g/mol. The molecule has 0 fully saturated rings. The van der Waals surface area contributed by atoms with Gasteiger partial charge < -0.3 is 5.32 Å². The van der Waals surface area contributed by atoms with E-state index in [9.17, 15) is 8.78 Å². The van der Waals surface area contributed by atoms with Gasteiger partial charge in [-0.05, 0) is 42.4 Å². The molecule has 0 aliphatic rings. The van der Waals surface area contributed by atoms with E-state index in [1.807, 2.05) is 25.5 Å². The van der Waals surface area contributed by atoms with Crippen molar-refractivity contribution in [3.8, 4) is 0 Å². The lowest BCUT2D eigenvalue weighted by molar-refractivity contribution is 0.451. The Morgan fingerprint density at radius 2 is 2.05 bits per heavy atom. The normalized spacial score (nSPS) is 12.9. The van der Waals surface area contributed by atoms with Gasteiger partial charge in [-0.3, -0.25) is 4.68 Å². The van der Waals surface area contributed by atoms with E-state index in [1.165, 1.54) is 6.07 Å². The van der Waals surface area contributed by atoms with Crippen molar-refractivity contribution >= 4 is 15.9 Å². The van der Waals surface area contributed by atoms with E-state index in [1.54, 1.807) is 12.3 Å². The van der Waals surface area contributed by atoms with Gasteiger partial charge in [-0.15, -0.1) is 0 Å². The lowest BCUT2D eigenvalue weighted by Crippen LogP contribution is -2.27. The Morgan fingerprint density at radius 3 is 2.67 bits per heavy atom. The maximum atomic E-state index is 14.2. The summed E-state index contributed by atoms with van der Waals surface area (Å²) in [5.41, 5.74) is 1.07. The first-order valence-corrected chi connectivity index (χ1v) is 7.66. The molecule has 1 aromatic carbocycles. The Morgan fingerprint density at radius 1 is 1.33 bits per heavy atom. The number of aromatic nitrogens is 2. The van der Waals surface area contributed by atoms with E-state index in [-0.39, 0.29) is 11.6 Å². The highest BCUT2D eigenvalue weighted by molar-refractivity contribution is 9.10. The number of halogens is 3. The van der Waals surface area contributed by atoms with Crippen LogP contribution in [0, 0.1) is 11.6 Å². The standard InChI is InChI=1S/C15H18BrF2N3/c1-4-19-14(10-6-5-7-12(17)13(10)18)15-11(16)8-20-21(15)9(2)3/h5-9,14,19H,4H2,1-3H3. The van der Waals surface area contributed by atoms with E-state index >= 15 is 0 Å². The molecule has 21 heavy (non-hydrogen) atoms. The molecule has 1 heterocycles. The van der Waals surface area contributed by atoms with Gasteiger partial charge in [0.2, 0.25) is 0 Å². The third-order valence-corrected chi connectivity index (χ3v) is 3.86. The molecule has 6 heteroatoms. The first-order valence-electron chi connectivity index (χ1n) is 6.87. The average Bonchev–Trinajstić information content (AvgIpc) is 2.82. The number of rotatable bonds is 5. The van der Waals surface area contributed by atoms with Gasteiger partial charge in [0.1, 0.15) is 0 Å². The van der Waals surface area contributed by atoms with Crippen molar-refractivity contribution in [3.63, 3.8) is 0 Å². The van der Waals surface area contributed by atoms with Crippen LogP contribution in [0.2, 0.25) is 0 Å². The van der Waals surface area contributed by atoms with Crippen LogP contribution >= 0.6 is 15.9 Å². The summed E-state index contributed by atoms with van der Waals surface area (Å²) >= 11 is 3.46. The van der Waals surface area contributed by atoms with E-state index in [4.69, 9.17) is 0 Å². The summed E-state index contributed by atoms with van der Waals surface area (Å²) in [5, 5.41) is 7.52. The Bertz CT molecular complexity index is 625. The van der Waals surface area contributed by atoms with Crippen molar-refractivity contribution in [1.82, 2.24) is 15.1 Å². The molecule has 0 aliphatic carbocycles. The number of nitrogens with one attached hydrogen (secondary N) is 1. The number of hydrogen-bond acceptors (Lipinski definition) is 2. The maximum Gasteiger partial charge on any atom is 0.163 e. The van der Waals surface area contributed by atoms with E-state index in [2.05, 4.69) is 26.3 Å². The predicted molar refractivity (Wildman–Crippen MR) is 82.2 cm³/mol. The molecule has 0 bridgehead atoms. The summed E-state index contributed by atoms with van der Waals surface area (Å²) in [6.07, 6.45) is 1.68. The minimum Gasteiger partial charge on any atom is -0.305 e. The second kappa shape index (κ2) is 6.66. The quantitative estimate of drug-likeness (QED) is 0.868. The van der Waals surface area contributed by atoms with Gasteiger partial charge in [-0.1, -0.05) is 19.1 Å². The summed E-state index contributed by atoms with van der Waals surface area (Å²) < 4.78 is 30.3. The summed E-state index contributed by atoms with van der Waals surface area (Å²) in [6, 6.07) is 3.88. The Labute approximate surface area is 131 Å². The minimum absolute atomic E-state index is 0.115. The van der Waals surface area contributed by atoms with Crippen LogP contribution in [0.4, 0.5) is 8.78 Å². The summed E-state index contributed by atoms with van der Waals surface area (Å²) in [7, 11) is 0. The molecule has 114 valence electrons. The summed E-state index contributed by atoms with van der Waals surface area (Å²) in [6.45, 7) is 6.53. The number of nitrogens with zero attached hydrogens (tertiary/aromatic N) is 2. The number of hydrogen-bond donors (Lipinski definition) is 1. The molecule has 2 rings (SSSR count). The van der Waals surface area contributed by atoms with Gasteiger partial charge in [-0.2, -0.15) is 5.10 Å². The molecule has 0 saturated carbocycles. The Kier molecular flexibility index (Phi) is 5.11. The molecule has 3 nitrogen and oxygen atoms in total. The second-order valence-corrected chi connectivity index (χ2v) is 5.90. The van der Waals surface area contributed by atoms with Crippen molar-refractivity contribution in [1.29, 1.82) is 0 Å². The minimum atomic E-state index is -0.845. The first-order chi connectivity index (χ1) is 9.97. The lowest BCUT2D eigenvalue weighted by Gasteiger charge is -2.22. The fourth-order valence-corrected chi connectivity index (χ4v) is 2.84. The van der Waals surface area contributed by atoms with Gasteiger partial charge >= 0.3 is 0 Å². The fraction of sp³-hybridized carbons (Fsp3) is 0.400. The average molecular weight is 358 g/mol. The zero-order valence-corrected chi connectivity index (χ0v) is 13.8. The Balaban J connectivity index is 2.59. The topological polar surface area (TPSA) is 29.9 Å². The van der Waals surface area contributed by atoms with Crippen LogP contribution in [0.15, 0.2) is 28.9 Å². The zero-order chi connectivity index (χ0) is 15.6. The second-order valence-electron chi connectivity index (χ2n) is 5.05. The highest BCUT2D eigenvalue weighted by Crippen LogP contribution is 2.32. The number of benzene rings is 1. The van der Waals surface area contributed by atoms with Crippen molar-refractivity contribution in [2.24, 2.45) is 0 Å². The molecule has 1 aromatic heterocycles. The highest BCUT2D eigenvalue weighted by atomic mass is 79.9. The third kappa shape index (κ3) is 3.16. The van der Waals surface area contributed by atoms with Crippen LogP contribution in [-0.4, -0.2) is 16.3 Å². The zero-order valence-electron chi connectivity index (χ0n) is 12.2. The molecule has 0 aliphatic heterocycles. The molecule has 0 spiro atoms. The van der Waals surface area contributed by atoms with Crippen LogP contribution < -0.4 is 5.32 Å². The van der Waals surface area contributed by atoms with Crippen LogP contribution in [0.1, 0.15) is 44.1 Å². The first kappa shape index (κ1) is 16.1. The van der Waals surface area contributed by atoms with Crippen LogP contribution in [0.25, 0.3) is 0 Å². The molecule has 0 amide bonds. The summed E-state index contributed by atoms with van der Waals surface area (Å²) in [4.78, 5) is 0. The van der Waals surface area contributed by atoms with Crippen molar-refractivity contribution in [2.75, 3.05) is 6.54 Å². The lowest BCUT2D eigenvalue weighted by atomic mass is 10.0. The SMILES string of the molecule is CCNC(c1cccc(F)c1F)c1c(Br)cnn1C(C)C. The van der Waals surface area contributed by atoms with Gasteiger partial charge in [0.25, 0.3) is 0 Å². The van der Waals surface area contributed by atoms with Crippen LogP contribution in [-0.2, 0) is 0 Å². The third-order valence-electron chi connectivity index (χ3n) is 3.25. The van der Waals surface area contributed by atoms with Crippen LogP contribution in [0.5, 0.6) is 0 Å². The van der Waals surface area contributed by atoms with E-state index in [0.717, 1.165) is 16.2 Å². The van der Waals surface area contributed by atoms with E-state index < -0.39 is 17.7 Å². The smallest absolute Gasteiger partial charge is 0.163 e. The van der Waals surface area contributed by atoms with E-state index in [0.29, 0.717) is 6.54 Å². The highest BCUT2D eigenvalue weighted by Gasteiger charge is 2.25. The molecular formula is C15H18BrF2N3. The molecule has 1 N–H and O–H groups in total. The predicted octanol–water partition coefficient (Wildman–Crippen LogP) is 4.20. The van der Waals surface area contributed by atoms with Crippen molar-refractivity contribution in [2.45, 2.75) is 32.9 Å². The Hall–Kier alpha value is -1.27. The molecule has 0 saturated heterocycles. The molecule has 1 atom stereocenters. The maximum absolute atomic E-state index is 14.2. The molecule has 0 radical (unpaired) electrons. The fourth-order valence-electron chi connectivity index (χ4n) is 2.33. The van der Waals surface area contributed by atoms with Crippen LogP contribution in [0.3, 0.4) is 0 Å². The largest absolute Gasteiger partial charge is 0.305 e. The summed E-state index contributed by atoms with van der Waals surface area (Å²) in [5.74, 6) is -1.67. The van der Waals surface area contributed by atoms with Gasteiger partial charge in [0, 0.05) is 11.6 Å². The monoisotopic (exact) mass is 357 g/mol. The van der Waals surface area contributed by atoms with Crippen molar-refractivity contribution < 1.29 is 8.78 Å². The van der Waals surface area contributed by atoms with Gasteiger partial charge in [0.05, 0.1) is 22.4 Å². The molecule has 1 unspecified atom stereocenters. The van der Waals surface area contributed by atoms with Crippen molar-refractivity contribution in [3.05, 3.63) is 51.8 Å².